The number of amides is 1. The molecule has 0 radical (unpaired) electrons. The molecule has 2 aliphatic carbocycles. The summed E-state index contributed by atoms with van der Waals surface area (Å²) in [7, 11) is 0. The van der Waals surface area contributed by atoms with Crippen molar-refractivity contribution in [3.63, 3.8) is 0 Å². The van der Waals surface area contributed by atoms with Gasteiger partial charge in [0.25, 0.3) is 0 Å². The second-order valence-corrected chi connectivity index (χ2v) is 7.17. The zero-order valence-electron chi connectivity index (χ0n) is 12.6. The van der Waals surface area contributed by atoms with Crippen molar-refractivity contribution in [1.82, 2.24) is 0 Å². The first-order valence-electron chi connectivity index (χ1n) is 7.87. The second-order valence-electron chi connectivity index (χ2n) is 7.17. The number of hydrogen-bond acceptors (Lipinski definition) is 1. The third kappa shape index (κ3) is 1.88. The lowest BCUT2D eigenvalue weighted by Crippen LogP contribution is -2.45. The minimum atomic E-state index is -0.256. The molecule has 20 heavy (non-hydrogen) atoms. The summed E-state index contributed by atoms with van der Waals surface area (Å²) in [6, 6.07) is 10.8. The summed E-state index contributed by atoms with van der Waals surface area (Å²) in [5.74, 6) is 1.20. The number of carbonyl (C=O) groups is 1. The topological polar surface area (TPSA) is 43.1 Å². The maximum Gasteiger partial charge on any atom is 0.223 e. The summed E-state index contributed by atoms with van der Waals surface area (Å²) < 4.78 is 0. The quantitative estimate of drug-likeness (QED) is 0.896. The van der Waals surface area contributed by atoms with E-state index in [1.165, 1.54) is 12.0 Å². The molecule has 4 atom stereocenters. The van der Waals surface area contributed by atoms with Crippen LogP contribution in [0.15, 0.2) is 30.3 Å². The largest absolute Gasteiger partial charge is 0.369 e. The fraction of sp³-hybridized carbons (Fsp3) is 0.611. The first-order chi connectivity index (χ1) is 9.51. The van der Waals surface area contributed by atoms with E-state index in [0.29, 0.717) is 11.8 Å². The van der Waals surface area contributed by atoms with Crippen molar-refractivity contribution in [2.24, 2.45) is 23.0 Å². The Morgan fingerprint density at radius 2 is 1.95 bits per heavy atom. The van der Waals surface area contributed by atoms with Gasteiger partial charge in [-0.15, -0.1) is 0 Å². The predicted molar refractivity (Wildman–Crippen MR) is 81.2 cm³/mol. The van der Waals surface area contributed by atoms with Gasteiger partial charge in [-0.3, -0.25) is 4.79 Å². The monoisotopic (exact) mass is 271 g/mol. The van der Waals surface area contributed by atoms with E-state index in [2.05, 4.69) is 44.2 Å². The number of fused-ring (bicyclic) bond motifs is 2. The standard InChI is InChI=1S/C18H25NO/c1-3-17(15-7-5-4-6-8-15)10-14-11-18(12-17,16(19)20)9-13(14)2/h4-8,13-14H,3,9-12H2,1-2H3,(H2,19,20). The fourth-order valence-electron chi connectivity index (χ4n) is 4.98. The molecular weight excluding hydrogens is 246 g/mol. The summed E-state index contributed by atoms with van der Waals surface area (Å²) >= 11 is 0. The van der Waals surface area contributed by atoms with Gasteiger partial charge in [-0.05, 0) is 54.9 Å². The number of carbonyl (C=O) groups excluding carboxylic acids is 1. The van der Waals surface area contributed by atoms with Gasteiger partial charge >= 0.3 is 0 Å². The van der Waals surface area contributed by atoms with E-state index < -0.39 is 0 Å². The highest BCUT2D eigenvalue weighted by molar-refractivity contribution is 5.81. The van der Waals surface area contributed by atoms with Gasteiger partial charge in [0.15, 0.2) is 0 Å². The van der Waals surface area contributed by atoms with Crippen LogP contribution < -0.4 is 5.73 Å². The molecule has 2 N–H and O–H groups in total. The highest BCUT2D eigenvalue weighted by Crippen LogP contribution is 2.61. The van der Waals surface area contributed by atoms with Crippen molar-refractivity contribution >= 4 is 5.91 Å². The van der Waals surface area contributed by atoms with E-state index in [9.17, 15) is 4.79 Å². The fourth-order valence-corrected chi connectivity index (χ4v) is 4.98. The molecule has 0 aliphatic heterocycles. The number of benzene rings is 1. The predicted octanol–water partition coefficient (Wildman–Crippen LogP) is 3.65. The molecule has 3 rings (SSSR count). The molecule has 1 aromatic carbocycles. The van der Waals surface area contributed by atoms with Crippen LogP contribution in [0.25, 0.3) is 0 Å². The van der Waals surface area contributed by atoms with Gasteiger partial charge in [-0.1, -0.05) is 44.2 Å². The molecule has 0 spiro atoms. The third-order valence-corrected chi connectivity index (χ3v) is 6.09. The lowest BCUT2D eigenvalue weighted by Gasteiger charge is -2.45. The van der Waals surface area contributed by atoms with Crippen LogP contribution in [0.4, 0.5) is 0 Å². The van der Waals surface area contributed by atoms with Crippen LogP contribution in [0.5, 0.6) is 0 Å². The number of nitrogens with two attached hydrogens (primary N) is 1. The molecule has 2 bridgehead atoms. The Bertz CT molecular complexity index is 507. The first kappa shape index (κ1) is 13.7. The van der Waals surface area contributed by atoms with E-state index in [1.807, 2.05) is 0 Å². The van der Waals surface area contributed by atoms with Gasteiger partial charge in [0.2, 0.25) is 5.91 Å². The Morgan fingerprint density at radius 3 is 2.55 bits per heavy atom. The van der Waals surface area contributed by atoms with Crippen LogP contribution in [0.1, 0.15) is 51.5 Å². The summed E-state index contributed by atoms with van der Waals surface area (Å²) in [5.41, 5.74) is 7.10. The van der Waals surface area contributed by atoms with Crippen molar-refractivity contribution < 1.29 is 4.79 Å². The maximum absolute atomic E-state index is 12.1. The molecule has 2 saturated carbocycles. The van der Waals surface area contributed by atoms with Gasteiger partial charge in [0.05, 0.1) is 5.41 Å². The molecule has 1 aromatic rings. The summed E-state index contributed by atoms with van der Waals surface area (Å²) in [4.78, 5) is 12.1. The SMILES string of the molecule is CCC1(c2ccccc2)CC2CC(C(N)=O)(CC2C)C1. The molecule has 108 valence electrons. The van der Waals surface area contributed by atoms with Gasteiger partial charge in [-0.25, -0.2) is 0 Å². The average Bonchev–Trinajstić information content (AvgIpc) is 2.71. The normalized spacial score (nSPS) is 39.7. The summed E-state index contributed by atoms with van der Waals surface area (Å²) in [6.07, 6.45) is 5.25. The molecule has 0 heterocycles. The number of rotatable bonds is 3. The molecule has 2 fully saturated rings. The van der Waals surface area contributed by atoms with E-state index in [4.69, 9.17) is 5.73 Å². The highest BCUT2D eigenvalue weighted by Gasteiger charge is 2.57. The number of primary amides is 1. The van der Waals surface area contributed by atoms with E-state index in [0.717, 1.165) is 25.7 Å². The Labute approximate surface area is 121 Å². The highest BCUT2D eigenvalue weighted by atomic mass is 16.1. The maximum atomic E-state index is 12.1. The van der Waals surface area contributed by atoms with Crippen molar-refractivity contribution in [2.75, 3.05) is 0 Å². The average molecular weight is 271 g/mol. The van der Waals surface area contributed by atoms with E-state index in [-0.39, 0.29) is 16.7 Å². The van der Waals surface area contributed by atoms with Crippen LogP contribution in [-0.4, -0.2) is 5.91 Å². The second kappa shape index (κ2) is 4.61. The van der Waals surface area contributed by atoms with Crippen molar-refractivity contribution in [1.29, 1.82) is 0 Å². The molecule has 0 saturated heterocycles. The number of hydrogen-bond donors (Lipinski definition) is 1. The molecule has 2 aliphatic rings. The molecule has 2 nitrogen and oxygen atoms in total. The Hall–Kier alpha value is -1.31. The van der Waals surface area contributed by atoms with Crippen LogP contribution >= 0.6 is 0 Å². The van der Waals surface area contributed by atoms with Gasteiger partial charge in [0, 0.05) is 0 Å². The van der Waals surface area contributed by atoms with Crippen LogP contribution in [-0.2, 0) is 10.2 Å². The van der Waals surface area contributed by atoms with E-state index in [1.54, 1.807) is 0 Å². The zero-order chi connectivity index (χ0) is 14.4. The summed E-state index contributed by atoms with van der Waals surface area (Å²) in [5, 5.41) is 0. The third-order valence-electron chi connectivity index (χ3n) is 6.09. The van der Waals surface area contributed by atoms with Crippen LogP contribution in [0.2, 0.25) is 0 Å². The van der Waals surface area contributed by atoms with Crippen molar-refractivity contribution in [3.05, 3.63) is 35.9 Å². The Morgan fingerprint density at radius 1 is 1.25 bits per heavy atom. The van der Waals surface area contributed by atoms with Crippen LogP contribution in [0.3, 0.4) is 0 Å². The minimum Gasteiger partial charge on any atom is -0.369 e. The molecule has 1 amide bonds. The molecule has 4 unspecified atom stereocenters. The minimum absolute atomic E-state index is 0.0692. The molecule has 0 aromatic heterocycles. The van der Waals surface area contributed by atoms with Gasteiger partial charge in [0.1, 0.15) is 0 Å². The van der Waals surface area contributed by atoms with Gasteiger partial charge < -0.3 is 5.73 Å². The Kier molecular flexibility index (Phi) is 3.15. The molecule has 2 heteroatoms. The molecular formula is C18H25NO. The Balaban J connectivity index is 2.04. The van der Waals surface area contributed by atoms with Crippen molar-refractivity contribution in [2.45, 2.75) is 51.4 Å². The summed E-state index contributed by atoms with van der Waals surface area (Å²) in [6.45, 7) is 4.56. The lowest BCUT2D eigenvalue weighted by molar-refractivity contribution is -0.130. The van der Waals surface area contributed by atoms with Gasteiger partial charge in [-0.2, -0.15) is 0 Å². The first-order valence-corrected chi connectivity index (χ1v) is 7.87. The van der Waals surface area contributed by atoms with E-state index >= 15 is 0 Å². The van der Waals surface area contributed by atoms with Crippen LogP contribution in [0, 0.1) is 17.3 Å². The van der Waals surface area contributed by atoms with Crippen molar-refractivity contribution in [3.8, 4) is 0 Å². The zero-order valence-corrected chi connectivity index (χ0v) is 12.6. The lowest BCUT2D eigenvalue weighted by atomic mass is 9.58. The smallest absolute Gasteiger partial charge is 0.223 e.